The maximum absolute atomic E-state index is 13.1. The van der Waals surface area contributed by atoms with Crippen molar-refractivity contribution in [1.29, 1.82) is 0 Å². The fraction of sp³-hybridized carbons (Fsp3) is 0.429. The molecule has 2 amide bonds. The van der Waals surface area contributed by atoms with Crippen LogP contribution >= 0.6 is 0 Å². The number of likely N-dealkylation sites (tertiary alicyclic amines) is 1. The second-order valence-corrected chi connectivity index (χ2v) is 8.11. The molecule has 2 aromatic rings. The van der Waals surface area contributed by atoms with E-state index < -0.39 is 11.4 Å². The van der Waals surface area contributed by atoms with Crippen LogP contribution in [-0.2, 0) is 10.2 Å². The van der Waals surface area contributed by atoms with E-state index in [1.165, 1.54) is 6.20 Å². The molecule has 0 spiro atoms. The van der Waals surface area contributed by atoms with Gasteiger partial charge in [-0.05, 0) is 30.9 Å². The quantitative estimate of drug-likeness (QED) is 0.805. The Morgan fingerprint density at radius 2 is 1.81 bits per heavy atom. The first-order chi connectivity index (χ1) is 12.9. The van der Waals surface area contributed by atoms with Crippen molar-refractivity contribution in [3.8, 4) is 0 Å². The third-order valence-electron chi connectivity index (χ3n) is 5.61. The zero-order valence-electron chi connectivity index (χ0n) is 15.8. The molecule has 27 heavy (non-hydrogen) atoms. The van der Waals surface area contributed by atoms with Crippen LogP contribution in [0.2, 0.25) is 0 Å². The third kappa shape index (κ3) is 2.99. The maximum atomic E-state index is 13.1. The van der Waals surface area contributed by atoms with E-state index >= 15 is 0 Å². The summed E-state index contributed by atoms with van der Waals surface area (Å²) in [5.74, 6) is -1.03. The van der Waals surface area contributed by atoms with E-state index in [0.717, 1.165) is 48.8 Å². The number of aromatic nitrogens is 1. The number of carbonyl (C=O) groups excluding carboxylic acids is 1. The lowest BCUT2D eigenvalue weighted by molar-refractivity contribution is -0.130. The van der Waals surface area contributed by atoms with E-state index in [9.17, 15) is 14.7 Å². The second kappa shape index (κ2) is 6.44. The Morgan fingerprint density at radius 1 is 1.11 bits per heavy atom. The molecule has 2 aliphatic heterocycles. The van der Waals surface area contributed by atoms with Crippen molar-refractivity contribution in [2.75, 3.05) is 19.6 Å². The smallest absolute Gasteiger partial charge is 0.339 e. The van der Waals surface area contributed by atoms with Crippen LogP contribution in [0.3, 0.4) is 0 Å². The fourth-order valence-corrected chi connectivity index (χ4v) is 4.37. The number of aromatic amines is 1. The molecule has 0 bridgehead atoms. The number of rotatable bonds is 1. The molecule has 2 N–H and O–H groups in total. The first kappa shape index (κ1) is 17.6. The number of para-hydroxylation sites is 1. The number of carbonyl (C=O) groups is 2. The number of benzene rings is 1. The normalized spacial score (nSPS) is 19.4. The summed E-state index contributed by atoms with van der Waals surface area (Å²) in [5.41, 5.74) is 2.22. The molecule has 4 rings (SSSR count). The number of H-pyrrole nitrogens is 1. The number of carboxylic acid groups (broad SMARTS) is 1. The van der Waals surface area contributed by atoms with Gasteiger partial charge < -0.3 is 15.0 Å². The van der Waals surface area contributed by atoms with Gasteiger partial charge in [-0.25, -0.2) is 9.59 Å². The minimum atomic E-state index is -1.03. The monoisotopic (exact) mass is 367 g/mol. The van der Waals surface area contributed by atoms with Crippen molar-refractivity contribution in [1.82, 2.24) is 14.8 Å². The van der Waals surface area contributed by atoms with Crippen molar-refractivity contribution < 1.29 is 14.7 Å². The highest BCUT2D eigenvalue weighted by Gasteiger charge is 2.37. The molecular weight excluding hydrogens is 342 g/mol. The summed E-state index contributed by atoms with van der Waals surface area (Å²) in [6.07, 6.45) is 4.66. The first-order valence-corrected chi connectivity index (χ1v) is 9.51. The molecule has 1 fully saturated rings. The lowest BCUT2D eigenvalue weighted by Crippen LogP contribution is -2.46. The highest BCUT2D eigenvalue weighted by Crippen LogP contribution is 2.40. The maximum Gasteiger partial charge on any atom is 0.339 e. The Balaban J connectivity index is 1.83. The van der Waals surface area contributed by atoms with Crippen molar-refractivity contribution in [3.63, 3.8) is 0 Å². The Labute approximate surface area is 158 Å². The summed E-state index contributed by atoms with van der Waals surface area (Å²) in [4.78, 5) is 31.9. The van der Waals surface area contributed by atoms with Crippen LogP contribution in [0.25, 0.3) is 16.5 Å². The summed E-state index contributed by atoms with van der Waals surface area (Å²) >= 11 is 0. The van der Waals surface area contributed by atoms with E-state index in [-0.39, 0.29) is 11.6 Å². The van der Waals surface area contributed by atoms with Gasteiger partial charge in [-0.2, -0.15) is 0 Å². The lowest BCUT2D eigenvalue weighted by atomic mass is 9.82. The highest BCUT2D eigenvalue weighted by molar-refractivity contribution is 6.17. The van der Waals surface area contributed by atoms with E-state index in [2.05, 4.69) is 18.8 Å². The van der Waals surface area contributed by atoms with Crippen molar-refractivity contribution >= 4 is 28.5 Å². The van der Waals surface area contributed by atoms with Crippen LogP contribution in [-0.4, -0.2) is 51.5 Å². The molecule has 1 aromatic heterocycles. The van der Waals surface area contributed by atoms with Crippen LogP contribution in [0.15, 0.2) is 30.5 Å². The number of carboxylic acids is 1. The van der Waals surface area contributed by atoms with Crippen LogP contribution in [0.4, 0.5) is 4.79 Å². The van der Waals surface area contributed by atoms with Gasteiger partial charge in [-0.1, -0.05) is 32.0 Å². The minimum absolute atomic E-state index is 0.101. The Hall–Kier alpha value is -2.76. The second-order valence-electron chi connectivity index (χ2n) is 8.11. The van der Waals surface area contributed by atoms with E-state index in [1.54, 1.807) is 4.90 Å². The summed E-state index contributed by atoms with van der Waals surface area (Å²) < 4.78 is 0. The molecular formula is C21H25N3O3. The van der Waals surface area contributed by atoms with E-state index in [4.69, 9.17) is 0 Å². The van der Waals surface area contributed by atoms with Crippen LogP contribution in [0, 0.1) is 0 Å². The standard InChI is InChI=1S/C21H25N3O3/c1-21(2)13-24(20(27)23-10-6-3-7-11-23)12-15(19(25)26)18-17(21)14-8-4-5-9-16(14)22-18/h4-5,8-9,12,22H,3,6-7,10-11,13H2,1-2H3,(H,25,26). The molecule has 2 aliphatic rings. The van der Waals surface area contributed by atoms with Gasteiger partial charge in [0.2, 0.25) is 0 Å². The third-order valence-corrected chi connectivity index (χ3v) is 5.61. The van der Waals surface area contributed by atoms with E-state index in [1.807, 2.05) is 29.2 Å². The Bertz CT molecular complexity index is 935. The molecule has 3 heterocycles. The number of piperidine rings is 1. The van der Waals surface area contributed by atoms with Gasteiger partial charge >= 0.3 is 12.0 Å². The van der Waals surface area contributed by atoms with Gasteiger partial charge in [-0.3, -0.25) is 4.90 Å². The van der Waals surface area contributed by atoms with Gasteiger partial charge in [-0.15, -0.1) is 0 Å². The largest absolute Gasteiger partial charge is 0.478 e. The predicted octanol–water partition coefficient (Wildman–Crippen LogP) is 3.79. The van der Waals surface area contributed by atoms with Crippen LogP contribution < -0.4 is 0 Å². The zero-order chi connectivity index (χ0) is 19.2. The van der Waals surface area contributed by atoms with Gasteiger partial charge in [0.15, 0.2) is 0 Å². The van der Waals surface area contributed by atoms with E-state index in [0.29, 0.717) is 12.2 Å². The number of hydrogen-bond donors (Lipinski definition) is 2. The molecule has 6 heteroatoms. The minimum Gasteiger partial charge on any atom is -0.478 e. The molecule has 0 aliphatic carbocycles. The van der Waals surface area contributed by atoms with Crippen molar-refractivity contribution in [2.45, 2.75) is 38.5 Å². The van der Waals surface area contributed by atoms with Gasteiger partial charge in [0.25, 0.3) is 0 Å². The molecule has 0 radical (unpaired) electrons. The number of nitrogens with zero attached hydrogens (tertiary/aromatic N) is 2. The summed E-state index contributed by atoms with van der Waals surface area (Å²) in [5, 5.41) is 10.9. The zero-order valence-corrected chi connectivity index (χ0v) is 15.8. The van der Waals surface area contributed by atoms with Crippen molar-refractivity contribution in [2.24, 2.45) is 0 Å². The molecule has 0 saturated carbocycles. The average Bonchev–Trinajstić information content (AvgIpc) is 2.99. The van der Waals surface area contributed by atoms with Crippen molar-refractivity contribution in [3.05, 3.63) is 41.7 Å². The topological polar surface area (TPSA) is 76.6 Å². The predicted molar refractivity (Wildman–Crippen MR) is 104 cm³/mol. The number of fused-ring (bicyclic) bond motifs is 3. The molecule has 0 unspecified atom stereocenters. The molecule has 1 aromatic carbocycles. The van der Waals surface area contributed by atoms with Gasteiger partial charge in [0.1, 0.15) is 0 Å². The van der Waals surface area contributed by atoms with Gasteiger partial charge in [0.05, 0.1) is 11.3 Å². The number of urea groups is 1. The fourth-order valence-electron chi connectivity index (χ4n) is 4.37. The summed E-state index contributed by atoms with van der Waals surface area (Å²) in [6, 6.07) is 7.75. The summed E-state index contributed by atoms with van der Waals surface area (Å²) in [6.45, 7) is 6.05. The summed E-state index contributed by atoms with van der Waals surface area (Å²) in [7, 11) is 0. The molecule has 142 valence electrons. The highest BCUT2D eigenvalue weighted by atomic mass is 16.4. The van der Waals surface area contributed by atoms with Gasteiger partial charge in [0, 0.05) is 42.2 Å². The number of amides is 2. The molecule has 1 saturated heterocycles. The number of hydrogen-bond acceptors (Lipinski definition) is 2. The number of nitrogens with one attached hydrogen (secondary N) is 1. The molecule has 6 nitrogen and oxygen atoms in total. The Kier molecular flexibility index (Phi) is 4.21. The molecule has 0 atom stereocenters. The SMILES string of the molecule is CC1(C)CN(C(=O)N2CCCCC2)C=C(C(=O)O)c2[nH]c3ccccc3c21. The first-order valence-electron chi connectivity index (χ1n) is 9.51. The lowest BCUT2D eigenvalue weighted by Gasteiger charge is -2.35. The number of aliphatic carboxylic acids is 1. The Morgan fingerprint density at radius 3 is 2.52 bits per heavy atom. The average molecular weight is 367 g/mol. The van der Waals surface area contributed by atoms with Crippen LogP contribution in [0.5, 0.6) is 0 Å². The van der Waals surface area contributed by atoms with Crippen LogP contribution in [0.1, 0.15) is 44.4 Å².